The van der Waals surface area contributed by atoms with Gasteiger partial charge in [0.1, 0.15) is 0 Å². The van der Waals surface area contributed by atoms with Crippen LogP contribution in [0.4, 0.5) is 0 Å². The van der Waals surface area contributed by atoms with E-state index in [-0.39, 0.29) is 60.5 Å². The van der Waals surface area contributed by atoms with Gasteiger partial charge in [-0.05, 0) is 0 Å². The quantitative estimate of drug-likeness (QED) is 0.336. The van der Waals surface area contributed by atoms with Gasteiger partial charge < -0.3 is 1.43 Å². The Balaban J connectivity index is -0.0000000133. The largest absolute Gasteiger partial charge is 1.00 e. The van der Waals surface area contributed by atoms with Crippen molar-refractivity contribution in [3.05, 3.63) is 0 Å². The average Bonchev–Trinajstić information content (AvgIpc) is 0.722. The van der Waals surface area contributed by atoms with Crippen molar-refractivity contribution in [1.82, 2.24) is 0 Å². The third kappa shape index (κ3) is 121. The Morgan fingerprint density at radius 1 is 1.25 bits per heavy atom. The summed E-state index contributed by atoms with van der Waals surface area (Å²) in [5.74, 6) is 0. The maximum absolute atomic E-state index is 8.74. The summed E-state index contributed by atoms with van der Waals surface area (Å²) < 4.78 is 31.6. The minimum atomic E-state index is -4.67. The molecule has 0 unspecified atom stereocenters. The fraction of sp³-hybridized carbons (Fsp3) is 0. The summed E-state index contributed by atoms with van der Waals surface area (Å²) >= 11 is 0. The van der Waals surface area contributed by atoms with E-state index in [1.54, 1.807) is 0 Å². The van der Waals surface area contributed by atoms with Crippen LogP contribution >= 0.6 is 12.4 Å². The van der Waals surface area contributed by atoms with Crippen molar-refractivity contribution in [2.24, 2.45) is 0 Å². The molecule has 0 aliphatic carbocycles. The van der Waals surface area contributed by atoms with E-state index >= 15 is 0 Å². The first-order chi connectivity index (χ1) is 2.00. The summed E-state index contributed by atoms with van der Waals surface area (Å²) in [6, 6.07) is 0. The summed E-state index contributed by atoms with van der Waals surface area (Å²) in [6.07, 6.45) is 0. The van der Waals surface area contributed by atoms with Crippen LogP contribution in [0, 0.1) is 0 Å². The fourth-order valence-corrected chi connectivity index (χ4v) is 0. The maximum Gasteiger partial charge on any atom is 1.00 e. The van der Waals surface area contributed by atoms with E-state index in [0.717, 1.165) is 0 Å². The zero-order valence-corrected chi connectivity index (χ0v) is 8.40. The van der Waals surface area contributed by atoms with Crippen LogP contribution in [0.2, 0.25) is 0 Å². The summed E-state index contributed by atoms with van der Waals surface area (Å²) in [7, 11) is -4.67. The summed E-state index contributed by atoms with van der Waals surface area (Å²) in [5.41, 5.74) is 0. The predicted molar refractivity (Wildman–Crippen MR) is 22.5 cm³/mol. The van der Waals surface area contributed by atoms with E-state index in [9.17, 15) is 0 Å². The third-order valence-electron chi connectivity index (χ3n) is 0. The number of hydrogen-bond acceptors (Lipinski definition) is 2. The van der Waals surface area contributed by atoms with E-state index in [0.29, 0.717) is 0 Å². The molecule has 0 amide bonds. The molecular weight excluding hydrogens is 218 g/mol. The number of halogens is 1. The molecule has 0 saturated carbocycles. The normalized spacial score (nSPS) is 7.25. The Morgan fingerprint density at radius 3 is 1.25 bits per heavy atom. The smallest absolute Gasteiger partial charge is 1.00 e. The van der Waals surface area contributed by atoms with Crippen LogP contribution in [0.5, 0.6) is 0 Å². The van der Waals surface area contributed by atoms with Crippen LogP contribution in [0.1, 0.15) is 1.43 Å². The van der Waals surface area contributed by atoms with Crippen molar-refractivity contribution in [2.75, 3.05) is 0 Å². The molecular formula is H4ClCuNaO4S. The van der Waals surface area contributed by atoms with E-state index in [1.807, 2.05) is 0 Å². The molecule has 8 heavy (non-hydrogen) atoms. The predicted octanol–water partition coefficient (Wildman–Crippen LogP) is -3.12. The molecule has 0 aliphatic heterocycles. The second kappa shape index (κ2) is 8.68. The third-order valence-corrected chi connectivity index (χ3v) is 0. The standard InChI is InChI=1S/ClH.Cu.Na.H2O4S.H/c;;;1-5(2,3)4;/h1H;;;(H2,1,2,3,4);/q;;+1;;-1. The topological polar surface area (TPSA) is 74.6 Å². The van der Waals surface area contributed by atoms with Gasteiger partial charge in [0, 0.05) is 17.1 Å². The minimum absolute atomic E-state index is 0. The first kappa shape index (κ1) is 22.6. The zero-order valence-electron chi connectivity index (χ0n) is 4.83. The molecule has 8 heteroatoms. The molecule has 0 aromatic rings. The van der Waals surface area contributed by atoms with Crippen LogP contribution in [0.3, 0.4) is 0 Å². The molecule has 0 spiro atoms. The van der Waals surface area contributed by atoms with Gasteiger partial charge in [-0.25, -0.2) is 0 Å². The molecule has 53 valence electrons. The molecule has 0 bridgehead atoms. The number of hydrogen-bond donors (Lipinski definition) is 2. The molecule has 0 aromatic heterocycles. The van der Waals surface area contributed by atoms with Crippen LogP contribution in [-0.2, 0) is 27.5 Å². The van der Waals surface area contributed by atoms with Crippen molar-refractivity contribution < 1.29 is 65.6 Å². The van der Waals surface area contributed by atoms with Gasteiger partial charge in [0.05, 0.1) is 0 Å². The first-order valence-electron chi connectivity index (χ1n) is 0.698. The van der Waals surface area contributed by atoms with Gasteiger partial charge in [-0.2, -0.15) is 8.42 Å². The van der Waals surface area contributed by atoms with Crippen molar-refractivity contribution in [3.8, 4) is 0 Å². The van der Waals surface area contributed by atoms with Crippen LogP contribution in [-0.4, -0.2) is 17.5 Å². The van der Waals surface area contributed by atoms with Crippen molar-refractivity contribution in [2.45, 2.75) is 0 Å². The second-order valence-corrected chi connectivity index (χ2v) is 1.34. The molecule has 0 fully saturated rings. The fourth-order valence-electron chi connectivity index (χ4n) is 0. The Hall–Kier alpha value is 1.68. The molecule has 1 radical (unpaired) electrons. The molecule has 4 nitrogen and oxygen atoms in total. The van der Waals surface area contributed by atoms with Crippen molar-refractivity contribution in [3.63, 3.8) is 0 Å². The number of rotatable bonds is 0. The monoisotopic (exact) mass is 221 g/mol. The SMILES string of the molecule is Cl.O=S(=O)(O)O.[Cu].[H-].[Na+]. The maximum atomic E-state index is 8.74. The van der Waals surface area contributed by atoms with Crippen molar-refractivity contribution in [1.29, 1.82) is 0 Å². The van der Waals surface area contributed by atoms with Gasteiger partial charge >= 0.3 is 40.0 Å². The Morgan fingerprint density at radius 2 is 1.25 bits per heavy atom. The molecule has 0 saturated heterocycles. The molecule has 2 N–H and O–H groups in total. The molecule has 0 heterocycles. The second-order valence-electron chi connectivity index (χ2n) is 0.448. The van der Waals surface area contributed by atoms with Gasteiger partial charge in [-0.15, -0.1) is 12.4 Å². The minimum Gasteiger partial charge on any atom is -1.00 e. The molecule has 0 aromatic carbocycles. The zero-order chi connectivity index (χ0) is 4.50. The first-order valence-corrected chi connectivity index (χ1v) is 2.10. The molecule has 0 rings (SSSR count). The Bertz CT molecular complexity index is 104. The summed E-state index contributed by atoms with van der Waals surface area (Å²) in [6.45, 7) is 0. The molecule has 0 aliphatic rings. The van der Waals surface area contributed by atoms with E-state index in [1.165, 1.54) is 0 Å². The van der Waals surface area contributed by atoms with Crippen LogP contribution in [0.15, 0.2) is 0 Å². The van der Waals surface area contributed by atoms with Gasteiger partial charge in [-0.1, -0.05) is 0 Å². The summed E-state index contributed by atoms with van der Waals surface area (Å²) in [5, 5.41) is 0. The Labute approximate surface area is 87.7 Å². The van der Waals surface area contributed by atoms with Crippen LogP contribution in [0.25, 0.3) is 0 Å². The van der Waals surface area contributed by atoms with Gasteiger partial charge in [0.25, 0.3) is 0 Å². The molecule has 0 atom stereocenters. The summed E-state index contributed by atoms with van der Waals surface area (Å²) in [4.78, 5) is 0. The van der Waals surface area contributed by atoms with E-state index < -0.39 is 10.4 Å². The van der Waals surface area contributed by atoms with Gasteiger partial charge in [0.15, 0.2) is 0 Å². The Kier molecular flexibility index (Phi) is 24.5. The van der Waals surface area contributed by atoms with Gasteiger partial charge in [-0.3, -0.25) is 9.11 Å². The van der Waals surface area contributed by atoms with Crippen LogP contribution < -0.4 is 29.6 Å². The van der Waals surface area contributed by atoms with E-state index in [4.69, 9.17) is 17.5 Å². The average molecular weight is 222 g/mol. The van der Waals surface area contributed by atoms with Gasteiger partial charge in [0.2, 0.25) is 0 Å². The van der Waals surface area contributed by atoms with Crippen molar-refractivity contribution >= 4 is 22.8 Å². The van der Waals surface area contributed by atoms with E-state index in [2.05, 4.69) is 0 Å².